The maximum atomic E-state index is 12.4. The molecule has 0 bridgehead atoms. The molecule has 3 N–H and O–H groups in total. The molecule has 0 saturated carbocycles. The second-order valence-electron chi connectivity index (χ2n) is 3.96. The average Bonchev–Trinajstić information content (AvgIpc) is 2.87. The Hall–Kier alpha value is -2.27. The van der Waals surface area contributed by atoms with Crippen molar-refractivity contribution < 1.29 is 13.2 Å². The Kier molecular flexibility index (Phi) is 4.04. The lowest BCUT2D eigenvalue weighted by atomic mass is 10.3. The fraction of sp³-hybridized carbons (Fsp3) is 0.200. The van der Waals surface area contributed by atoms with Gasteiger partial charge >= 0.3 is 0 Å². The van der Waals surface area contributed by atoms with Gasteiger partial charge < -0.3 is 11.1 Å². The SMILES string of the molecule is CC(=O)Nc1nnc(S(=O)(=O)N(C)c2ccncc2N)s1. The van der Waals surface area contributed by atoms with E-state index >= 15 is 0 Å². The summed E-state index contributed by atoms with van der Waals surface area (Å²) >= 11 is 0.757. The molecular formula is C10H12N6O3S2. The summed E-state index contributed by atoms with van der Waals surface area (Å²) in [5.74, 6) is -0.359. The fourth-order valence-corrected chi connectivity index (χ4v) is 3.77. The molecule has 2 aromatic rings. The predicted octanol–water partition coefficient (Wildman–Crippen LogP) is 0.299. The molecule has 0 radical (unpaired) electrons. The molecule has 2 rings (SSSR count). The lowest BCUT2D eigenvalue weighted by molar-refractivity contribution is -0.114. The number of aromatic nitrogens is 3. The van der Waals surface area contributed by atoms with E-state index in [1.54, 1.807) is 0 Å². The van der Waals surface area contributed by atoms with Crippen LogP contribution in [0.15, 0.2) is 22.8 Å². The number of nitrogens with one attached hydrogen (secondary N) is 1. The van der Waals surface area contributed by atoms with Gasteiger partial charge in [-0.05, 0) is 6.07 Å². The average molecular weight is 328 g/mol. The molecule has 2 aromatic heterocycles. The summed E-state index contributed by atoms with van der Waals surface area (Å²) in [6.45, 7) is 1.29. The van der Waals surface area contributed by atoms with E-state index in [2.05, 4.69) is 20.5 Å². The quantitative estimate of drug-likeness (QED) is 0.771. The standard InChI is InChI=1S/C10H12N6O3S2/c1-6(17)13-9-14-15-10(20-9)21(18,19)16(2)8-3-4-12-5-7(8)11/h3-5H,11H2,1-2H3,(H,13,14,17). The highest BCUT2D eigenvalue weighted by molar-refractivity contribution is 7.94. The molecule has 112 valence electrons. The first-order valence-electron chi connectivity index (χ1n) is 5.62. The molecule has 0 fully saturated rings. The van der Waals surface area contributed by atoms with Crippen molar-refractivity contribution in [3.8, 4) is 0 Å². The van der Waals surface area contributed by atoms with E-state index in [-0.39, 0.29) is 26.8 Å². The van der Waals surface area contributed by atoms with Gasteiger partial charge in [-0.1, -0.05) is 11.3 Å². The molecule has 2 heterocycles. The van der Waals surface area contributed by atoms with Crippen LogP contribution in [0.3, 0.4) is 0 Å². The summed E-state index contributed by atoms with van der Waals surface area (Å²) in [6, 6.07) is 1.47. The topological polar surface area (TPSA) is 131 Å². The van der Waals surface area contributed by atoms with Crippen LogP contribution in [0.1, 0.15) is 6.92 Å². The maximum absolute atomic E-state index is 12.4. The molecule has 0 unspecified atom stereocenters. The number of carbonyl (C=O) groups excluding carboxylic acids is 1. The minimum absolute atomic E-state index is 0.108. The van der Waals surface area contributed by atoms with Gasteiger partial charge in [0.05, 0.1) is 17.6 Å². The number of pyridine rings is 1. The third-order valence-electron chi connectivity index (χ3n) is 2.44. The zero-order chi connectivity index (χ0) is 15.6. The number of sulfonamides is 1. The molecule has 11 heteroatoms. The number of nitrogen functional groups attached to an aromatic ring is 1. The lowest BCUT2D eigenvalue weighted by Gasteiger charge is -2.18. The monoisotopic (exact) mass is 328 g/mol. The minimum atomic E-state index is -3.91. The van der Waals surface area contributed by atoms with E-state index in [4.69, 9.17) is 5.73 Å². The fourth-order valence-electron chi connectivity index (χ4n) is 1.45. The first-order chi connectivity index (χ1) is 9.82. The number of carbonyl (C=O) groups is 1. The highest BCUT2D eigenvalue weighted by atomic mass is 32.2. The Balaban J connectivity index is 2.36. The van der Waals surface area contributed by atoms with E-state index in [0.29, 0.717) is 0 Å². The molecule has 0 aliphatic carbocycles. The van der Waals surface area contributed by atoms with Crippen molar-refractivity contribution in [2.75, 3.05) is 22.4 Å². The van der Waals surface area contributed by atoms with Gasteiger partial charge in [-0.2, -0.15) is 8.42 Å². The number of amides is 1. The van der Waals surface area contributed by atoms with Crippen molar-refractivity contribution in [1.29, 1.82) is 0 Å². The van der Waals surface area contributed by atoms with E-state index < -0.39 is 10.0 Å². The van der Waals surface area contributed by atoms with Crippen molar-refractivity contribution in [3.05, 3.63) is 18.5 Å². The van der Waals surface area contributed by atoms with Crippen molar-refractivity contribution in [2.45, 2.75) is 11.3 Å². The third-order valence-corrected chi connectivity index (χ3v) is 5.39. The van der Waals surface area contributed by atoms with Gasteiger partial charge in [0.1, 0.15) is 0 Å². The van der Waals surface area contributed by atoms with E-state index in [9.17, 15) is 13.2 Å². The summed E-state index contributed by atoms with van der Waals surface area (Å²) in [6.07, 6.45) is 2.78. The number of hydrogen-bond acceptors (Lipinski definition) is 8. The van der Waals surface area contributed by atoms with Gasteiger partial charge in [-0.25, -0.2) is 0 Å². The first-order valence-corrected chi connectivity index (χ1v) is 7.87. The molecule has 0 atom stereocenters. The number of nitrogens with two attached hydrogens (primary N) is 1. The Morgan fingerprint density at radius 2 is 2.14 bits per heavy atom. The summed E-state index contributed by atoms with van der Waals surface area (Å²) in [5.41, 5.74) is 6.21. The van der Waals surface area contributed by atoms with Crippen LogP contribution in [0.2, 0.25) is 0 Å². The Labute approximate surface area is 124 Å². The zero-order valence-corrected chi connectivity index (χ0v) is 12.8. The van der Waals surface area contributed by atoms with Gasteiger partial charge in [0.2, 0.25) is 11.0 Å². The van der Waals surface area contributed by atoms with Crippen LogP contribution in [-0.2, 0) is 14.8 Å². The van der Waals surface area contributed by atoms with Gasteiger partial charge in [-0.3, -0.25) is 14.1 Å². The van der Waals surface area contributed by atoms with E-state index in [1.807, 2.05) is 0 Å². The third kappa shape index (κ3) is 3.08. The molecule has 1 amide bonds. The Morgan fingerprint density at radius 3 is 2.76 bits per heavy atom. The number of nitrogens with zero attached hydrogens (tertiary/aromatic N) is 4. The van der Waals surface area contributed by atoms with Crippen LogP contribution in [0.25, 0.3) is 0 Å². The van der Waals surface area contributed by atoms with Crippen LogP contribution in [0, 0.1) is 0 Å². The summed E-state index contributed by atoms with van der Waals surface area (Å²) in [7, 11) is -2.56. The summed E-state index contributed by atoms with van der Waals surface area (Å²) in [4.78, 5) is 14.7. The highest BCUT2D eigenvalue weighted by Crippen LogP contribution is 2.28. The molecule has 0 aliphatic rings. The summed E-state index contributed by atoms with van der Waals surface area (Å²) in [5, 5.41) is 9.68. The second-order valence-corrected chi connectivity index (χ2v) is 7.08. The van der Waals surface area contributed by atoms with Crippen LogP contribution in [0.4, 0.5) is 16.5 Å². The summed E-state index contributed by atoms with van der Waals surface area (Å²) < 4.78 is 25.6. The normalized spacial score (nSPS) is 11.1. The smallest absolute Gasteiger partial charge is 0.293 e. The molecule has 9 nitrogen and oxygen atoms in total. The molecule has 0 spiro atoms. The van der Waals surface area contributed by atoms with Gasteiger partial charge in [0.15, 0.2) is 0 Å². The van der Waals surface area contributed by atoms with Gasteiger partial charge in [0.25, 0.3) is 14.4 Å². The Morgan fingerprint density at radius 1 is 1.43 bits per heavy atom. The van der Waals surface area contributed by atoms with Gasteiger partial charge in [0, 0.05) is 20.2 Å². The zero-order valence-electron chi connectivity index (χ0n) is 11.1. The van der Waals surface area contributed by atoms with Crippen molar-refractivity contribution >= 4 is 43.8 Å². The van der Waals surface area contributed by atoms with E-state index in [0.717, 1.165) is 15.6 Å². The molecule has 21 heavy (non-hydrogen) atoms. The number of rotatable bonds is 4. The molecular weight excluding hydrogens is 316 g/mol. The van der Waals surface area contributed by atoms with Crippen LogP contribution in [-0.4, -0.2) is 36.6 Å². The highest BCUT2D eigenvalue weighted by Gasteiger charge is 2.27. The van der Waals surface area contributed by atoms with Crippen molar-refractivity contribution in [3.63, 3.8) is 0 Å². The molecule has 0 saturated heterocycles. The lowest BCUT2D eigenvalue weighted by Crippen LogP contribution is -2.27. The van der Waals surface area contributed by atoms with Crippen molar-refractivity contribution in [1.82, 2.24) is 15.2 Å². The molecule has 0 aromatic carbocycles. The van der Waals surface area contributed by atoms with Gasteiger partial charge in [-0.15, -0.1) is 10.2 Å². The first kappa shape index (κ1) is 15.1. The largest absolute Gasteiger partial charge is 0.396 e. The number of anilines is 3. The maximum Gasteiger partial charge on any atom is 0.293 e. The number of hydrogen-bond donors (Lipinski definition) is 2. The molecule has 0 aliphatic heterocycles. The predicted molar refractivity (Wildman–Crippen MR) is 78.5 cm³/mol. The van der Waals surface area contributed by atoms with Crippen molar-refractivity contribution in [2.24, 2.45) is 0 Å². The second kappa shape index (κ2) is 5.61. The van der Waals surface area contributed by atoms with Crippen LogP contribution < -0.4 is 15.4 Å². The van der Waals surface area contributed by atoms with E-state index in [1.165, 1.54) is 32.4 Å². The Bertz CT molecular complexity index is 773. The van der Waals surface area contributed by atoms with Crippen LogP contribution in [0.5, 0.6) is 0 Å². The van der Waals surface area contributed by atoms with Crippen LogP contribution >= 0.6 is 11.3 Å². The minimum Gasteiger partial charge on any atom is -0.396 e.